The van der Waals surface area contributed by atoms with Gasteiger partial charge in [-0.05, 0) is 45.2 Å². The van der Waals surface area contributed by atoms with Gasteiger partial charge in [0.25, 0.3) is 5.91 Å². The first-order valence-corrected chi connectivity index (χ1v) is 8.99. The number of aryl methyl sites for hydroxylation is 3. The van der Waals surface area contributed by atoms with Crippen molar-refractivity contribution in [2.24, 2.45) is 0 Å². The fourth-order valence-electron chi connectivity index (χ4n) is 2.66. The summed E-state index contributed by atoms with van der Waals surface area (Å²) in [5.41, 5.74) is 3.96. The molecule has 0 saturated heterocycles. The molecule has 1 fully saturated rings. The minimum atomic E-state index is -0.313. The van der Waals surface area contributed by atoms with Crippen LogP contribution in [-0.4, -0.2) is 31.1 Å². The summed E-state index contributed by atoms with van der Waals surface area (Å²) < 4.78 is 0. The Kier molecular flexibility index (Phi) is 3.84. The quantitative estimate of drug-likeness (QED) is 0.778. The number of rotatable bonds is 4. The smallest absolute Gasteiger partial charge is 0.279 e. The van der Waals surface area contributed by atoms with Crippen molar-refractivity contribution in [1.29, 1.82) is 0 Å². The molecule has 2 aromatic heterocycles. The van der Waals surface area contributed by atoms with Crippen molar-refractivity contribution in [1.82, 2.24) is 25.2 Å². The minimum Gasteiger partial charge on any atom is -0.295 e. The first-order valence-electron chi connectivity index (χ1n) is 8.17. The number of nitrogens with one attached hydrogen (secondary N) is 1. The highest BCUT2D eigenvalue weighted by Crippen LogP contribution is 2.42. The Hall–Kier alpha value is -2.61. The number of carbonyl (C=O) groups excluding carboxylic acids is 1. The fraction of sp³-hybridized carbons (Fsp3) is 0.353. The van der Waals surface area contributed by atoms with Crippen molar-refractivity contribution in [3.05, 3.63) is 45.7 Å². The molecule has 0 bridgehead atoms. The van der Waals surface area contributed by atoms with Crippen molar-refractivity contribution < 1.29 is 4.79 Å². The fourth-order valence-corrected chi connectivity index (χ4v) is 3.57. The standard InChI is InChI=1S/C17H18N6OS/c1-9-4-7-13(10(2)8-9)23-21-11(3)14(22-23)15(24)18-17-20-19-16(25-17)12-5-6-12/h4,7-8,12H,5-6H2,1-3H3,(H,18,20,24). The maximum Gasteiger partial charge on any atom is 0.279 e. The second kappa shape index (κ2) is 6.03. The van der Waals surface area contributed by atoms with Crippen LogP contribution in [0.5, 0.6) is 0 Å². The molecule has 1 N–H and O–H groups in total. The Morgan fingerprint density at radius 2 is 2.00 bits per heavy atom. The van der Waals surface area contributed by atoms with Gasteiger partial charge in [-0.2, -0.15) is 9.90 Å². The van der Waals surface area contributed by atoms with Crippen LogP contribution in [0.3, 0.4) is 0 Å². The number of aromatic nitrogens is 5. The topological polar surface area (TPSA) is 85.6 Å². The van der Waals surface area contributed by atoms with Gasteiger partial charge in [-0.3, -0.25) is 10.1 Å². The Labute approximate surface area is 149 Å². The molecule has 25 heavy (non-hydrogen) atoms. The largest absolute Gasteiger partial charge is 0.295 e. The molecule has 3 aromatic rings. The number of nitrogens with zero attached hydrogens (tertiary/aromatic N) is 5. The third-order valence-corrected chi connectivity index (χ3v) is 5.15. The lowest BCUT2D eigenvalue weighted by molar-refractivity contribution is 0.102. The summed E-state index contributed by atoms with van der Waals surface area (Å²) in [5, 5.41) is 21.2. The van der Waals surface area contributed by atoms with Crippen molar-refractivity contribution in [3.63, 3.8) is 0 Å². The molecule has 0 unspecified atom stereocenters. The van der Waals surface area contributed by atoms with Crippen LogP contribution in [0.1, 0.15) is 51.1 Å². The molecule has 1 aliphatic rings. The number of hydrogen-bond donors (Lipinski definition) is 1. The molecular weight excluding hydrogens is 336 g/mol. The van der Waals surface area contributed by atoms with E-state index in [4.69, 9.17) is 0 Å². The summed E-state index contributed by atoms with van der Waals surface area (Å²) in [6, 6.07) is 6.02. The predicted molar refractivity (Wildman–Crippen MR) is 95.4 cm³/mol. The molecule has 0 radical (unpaired) electrons. The van der Waals surface area contributed by atoms with Gasteiger partial charge in [-0.25, -0.2) is 0 Å². The number of benzene rings is 1. The highest BCUT2D eigenvalue weighted by Gasteiger charge is 2.28. The van der Waals surface area contributed by atoms with Gasteiger partial charge in [0.15, 0.2) is 5.69 Å². The molecular formula is C17H18N6OS. The van der Waals surface area contributed by atoms with Crippen molar-refractivity contribution in [2.75, 3.05) is 5.32 Å². The lowest BCUT2D eigenvalue weighted by atomic mass is 10.1. The molecule has 1 aromatic carbocycles. The zero-order chi connectivity index (χ0) is 17.6. The van der Waals surface area contributed by atoms with Crippen LogP contribution in [0, 0.1) is 20.8 Å². The molecule has 0 aliphatic heterocycles. The summed E-state index contributed by atoms with van der Waals surface area (Å²) in [6.07, 6.45) is 2.32. The average Bonchev–Trinajstić information content (AvgIpc) is 3.19. The van der Waals surface area contributed by atoms with Gasteiger partial charge in [0.2, 0.25) is 5.13 Å². The first-order chi connectivity index (χ1) is 12.0. The van der Waals surface area contributed by atoms with Gasteiger partial charge in [-0.1, -0.05) is 29.0 Å². The maximum absolute atomic E-state index is 12.5. The second-order valence-electron chi connectivity index (χ2n) is 6.39. The summed E-state index contributed by atoms with van der Waals surface area (Å²) in [5.74, 6) is 0.210. The lowest BCUT2D eigenvalue weighted by Crippen LogP contribution is -2.14. The van der Waals surface area contributed by atoms with E-state index in [1.807, 2.05) is 26.0 Å². The van der Waals surface area contributed by atoms with Crippen LogP contribution in [0.15, 0.2) is 18.2 Å². The molecule has 0 atom stereocenters. The number of carbonyl (C=O) groups is 1. The minimum absolute atomic E-state index is 0.295. The Morgan fingerprint density at radius 3 is 2.72 bits per heavy atom. The van der Waals surface area contributed by atoms with Gasteiger partial charge < -0.3 is 0 Å². The van der Waals surface area contributed by atoms with E-state index in [9.17, 15) is 4.79 Å². The third kappa shape index (κ3) is 3.17. The summed E-state index contributed by atoms with van der Waals surface area (Å²) in [4.78, 5) is 14.0. The second-order valence-corrected chi connectivity index (χ2v) is 7.40. The number of anilines is 1. The van der Waals surface area contributed by atoms with Crippen LogP contribution in [0.25, 0.3) is 5.69 Å². The van der Waals surface area contributed by atoms with Gasteiger partial charge in [0, 0.05) is 5.92 Å². The van der Waals surface area contributed by atoms with E-state index in [2.05, 4.69) is 31.8 Å². The van der Waals surface area contributed by atoms with Crippen LogP contribution >= 0.6 is 11.3 Å². The summed E-state index contributed by atoms with van der Waals surface area (Å²) in [6.45, 7) is 5.81. The van der Waals surface area contributed by atoms with Crippen LogP contribution in [0.2, 0.25) is 0 Å². The zero-order valence-electron chi connectivity index (χ0n) is 14.3. The molecule has 1 aliphatic carbocycles. The molecule has 8 heteroatoms. The van der Waals surface area contributed by atoms with E-state index in [1.165, 1.54) is 21.7 Å². The molecule has 128 valence electrons. The van der Waals surface area contributed by atoms with Crippen LogP contribution < -0.4 is 5.32 Å². The monoisotopic (exact) mass is 354 g/mol. The summed E-state index contributed by atoms with van der Waals surface area (Å²) in [7, 11) is 0. The Bertz CT molecular complexity index is 956. The molecule has 1 amide bonds. The molecule has 7 nitrogen and oxygen atoms in total. The third-order valence-electron chi connectivity index (χ3n) is 4.15. The lowest BCUT2D eigenvalue weighted by Gasteiger charge is -2.04. The average molecular weight is 354 g/mol. The molecule has 2 heterocycles. The highest BCUT2D eigenvalue weighted by atomic mass is 32.1. The van der Waals surface area contributed by atoms with Gasteiger partial charge in [-0.15, -0.1) is 15.3 Å². The van der Waals surface area contributed by atoms with Crippen LogP contribution in [0.4, 0.5) is 5.13 Å². The first kappa shape index (κ1) is 15.9. The summed E-state index contributed by atoms with van der Waals surface area (Å²) >= 11 is 1.43. The van der Waals surface area contributed by atoms with Crippen molar-refractivity contribution >= 4 is 22.4 Å². The predicted octanol–water partition coefficient (Wildman–Crippen LogP) is 3.17. The molecule has 4 rings (SSSR count). The molecule has 0 spiro atoms. The van der Waals surface area contributed by atoms with E-state index in [1.54, 1.807) is 6.92 Å². The van der Waals surface area contributed by atoms with Crippen molar-refractivity contribution in [2.45, 2.75) is 39.5 Å². The Balaban J connectivity index is 1.57. The normalized spacial score (nSPS) is 13.9. The Morgan fingerprint density at radius 1 is 1.20 bits per heavy atom. The van der Waals surface area contributed by atoms with E-state index in [-0.39, 0.29) is 5.91 Å². The van der Waals surface area contributed by atoms with Crippen LogP contribution in [-0.2, 0) is 0 Å². The van der Waals surface area contributed by atoms with Gasteiger partial charge >= 0.3 is 0 Å². The van der Waals surface area contributed by atoms with E-state index in [0.29, 0.717) is 22.4 Å². The SMILES string of the molecule is Cc1ccc(-n2nc(C)c(C(=O)Nc3nnc(C4CC4)s3)n2)c(C)c1. The zero-order valence-corrected chi connectivity index (χ0v) is 15.1. The van der Waals surface area contributed by atoms with E-state index < -0.39 is 0 Å². The van der Waals surface area contributed by atoms with E-state index in [0.717, 1.165) is 29.1 Å². The maximum atomic E-state index is 12.5. The van der Waals surface area contributed by atoms with Crippen molar-refractivity contribution in [3.8, 4) is 5.69 Å². The number of hydrogen-bond acceptors (Lipinski definition) is 6. The van der Waals surface area contributed by atoms with Gasteiger partial charge in [0.1, 0.15) is 5.01 Å². The van der Waals surface area contributed by atoms with Gasteiger partial charge in [0.05, 0.1) is 11.4 Å². The molecule has 1 saturated carbocycles. The highest BCUT2D eigenvalue weighted by molar-refractivity contribution is 7.15. The van der Waals surface area contributed by atoms with E-state index >= 15 is 0 Å². The number of amides is 1.